The van der Waals surface area contributed by atoms with E-state index in [1.54, 1.807) is 18.3 Å². The third-order valence-electron chi connectivity index (χ3n) is 6.10. The normalized spacial score (nSPS) is 17.7. The van der Waals surface area contributed by atoms with Crippen LogP contribution in [0, 0.1) is 0 Å². The number of alkyl halides is 1. The number of anilines is 1. The minimum absolute atomic E-state index is 0.0316. The third kappa shape index (κ3) is 5.92. The lowest BCUT2D eigenvalue weighted by molar-refractivity contribution is 0.0285. The number of fused-ring (bicyclic) bond motifs is 1. The molecule has 1 amide bonds. The molecule has 10 nitrogen and oxygen atoms in total. The molecule has 0 bridgehead atoms. The van der Waals surface area contributed by atoms with Crippen LogP contribution in [0.1, 0.15) is 22.5 Å². The first kappa shape index (κ1) is 25.6. The molecule has 5 heterocycles. The average molecular weight is 537 g/mol. The Morgan fingerprint density at radius 2 is 1.95 bits per heavy atom. The van der Waals surface area contributed by atoms with E-state index < -0.39 is 21.9 Å². The fourth-order valence-electron chi connectivity index (χ4n) is 4.03. The minimum atomic E-state index is -3.48. The summed E-state index contributed by atoms with van der Waals surface area (Å²) in [6.45, 7) is 0.687. The summed E-state index contributed by atoms with van der Waals surface area (Å²) in [6.07, 6.45) is 4.69. The van der Waals surface area contributed by atoms with Gasteiger partial charge in [0.05, 0.1) is 52.3 Å². The molecule has 0 spiro atoms. The SMILES string of the molecule is CS(=O)(=O)c1cncc(C(=O)NCc2cc3nc(-c4cccc(N[C@H]5CCOC[C@H]5F)n4)ccc3cn2)c1. The van der Waals surface area contributed by atoms with Crippen LogP contribution in [0.25, 0.3) is 22.3 Å². The first-order chi connectivity index (χ1) is 18.3. The van der Waals surface area contributed by atoms with Gasteiger partial charge >= 0.3 is 0 Å². The quantitative estimate of drug-likeness (QED) is 0.365. The van der Waals surface area contributed by atoms with Crippen LogP contribution in [-0.4, -0.2) is 65.9 Å². The van der Waals surface area contributed by atoms with Gasteiger partial charge in [-0.3, -0.25) is 14.8 Å². The molecule has 38 heavy (non-hydrogen) atoms. The number of nitrogens with one attached hydrogen (secondary N) is 2. The van der Waals surface area contributed by atoms with Crippen molar-refractivity contribution in [3.05, 3.63) is 72.3 Å². The monoisotopic (exact) mass is 536 g/mol. The second-order valence-corrected chi connectivity index (χ2v) is 11.0. The molecule has 2 atom stereocenters. The number of aromatic nitrogens is 4. The lowest BCUT2D eigenvalue weighted by Crippen LogP contribution is -2.39. The highest BCUT2D eigenvalue weighted by molar-refractivity contribution is 7.90. The van der Waals surface area contributed by atoms with E-state index in [9.17, 15) is 17.6 Å². The van der Waals surface area contributed by atoms with E-state index in [1.807, 2.05) is 24.3 Å². The van der Waals surface area contributed by atoms with Crippen molar-refractivity contribution in [1.82, 2.24) is 25.3 Å². The van der Waals surface area contributed by atoms with Gasteiger partial charge in [-0.15, -0.1) is 0 Å². The Morgan fingerprint density at radius 1 is 1.11 bits per heavy atom. The molecule has 196 valence electrons. The number of sulfone groups is 1. The van der Waals surface area contributed by atoms with Crippen LogP contribution in [0.15, 0.2) is 66.0 Å². The molecule has 0 saturated carbocycles. The van der Waals surface area contributed by atoms with E-state index in [2.05, 4.69) is 25.6 Å². The Balaban J connectivity index is 1.31. The number of ether oxygens (including phenoxy) is 1. The van der Waals surface area contributed by atoms with Gasteiger partial charge in [0.25, 0.3) is 5.91 Å². The van der Waals surface area contributed by atoms with Crippen LogP contribution >= 0.6 is 0 Å². The van der Waals surface area contributed by atoms with Gasteiger partial charge in [0.1, 0.15) is 12.0 Å². The van der Waals surface area contributed by atoms with Gasteiger partial charge in [-0.25, -0.2) is 22.8 Å². The van der Waals surface area contributed by atoms with Crippen molar-refractivity contribution in [2.24, 2.45) is 0 Å². The second-order valence-electron chi connectivity index (χ2n) is 8.97. The van der Waals surface area contributed by atoms with E-state index in [1.165, 1.54) is 18.5 Å². The molecule has 12 heteroatoms. The van der Waals surface area contributed by atoms with Crippen LogP contribution in [0.5, 0.6) is 0 Å². The smallest absolute Gasteiger partial charge is 0.253 e. The molecule has 0 radical (unpaired) electrons. The fraction of sp³-hybridized carbons (Fsp3) is 0.269. The molecule has 0 unspecified atom stereocenters. The van der Waals surface area contributed by atoms with E-state index in [-0.39, 0.29) is 29.7 Å². The molecule has 5 rings (SSSR count). The second kappa shape index (κ2) is 10.8. The van der Waals surface area contributed by atoms with E-state index in [4.69, 9.17) is 9.72 Å². The maximum atomic E-state index is 14.2. The Hall–Kier alpha value is -4.03. The number of nitrogens with zero attached hydrogens (tertiary/aromatic N) is 4. The Bertz CT molecular complexity index is 1600. The van der Waals surface area contributed by atoms with Crippen molar-refractivity contribution in [3.8, 4) is 11.4 Å². The maximum absolute atomic E-state index is 14.2. The largest absolute Gasteiger partial charge is 0.378 e. The van der Waals surface area contributed by atoms with Gasteiger partial charge in [0.15, 0.2) is 9.84 Å². The summed E-state index contributed by atoms with van der Waals surface area (Å²) in [5.74, 6) is 0.0895. The number of rotatable bonds is 7. The molecular formula is C26H25FN6O4S. The van der Waals surface area contributed by atoms with E-state index in [0.717, 1.165) is 11.6 Å². The molecule has 0 aliphatic carbocycles. The van der Waals surface area contributed by atoms with Crippen LogP contribution in [0.4, 0.5) is 10.2 Å². The van der Waals surface area contributed by atoms with Gasteiger partial charge in [-0.05, 0) is 42.8 Å². The Labute approximate surface area is 218 Å². The van der Waals surface area contributed by atoms with Gasteiger partial charge in [-0.1, -0.05) is 6.07 Å². The lowest BCUT2D eigenvalue weighted by Gasteiger charge is -2.27. The molecule has 2 N–H and O–H groups in total. The van der Waals surface area contributed by atoms with Crippen molar-refractivity contribution < 1.29 is 22.3 Å². The zero-order valence-corrected chi connectivity index (χ0v) is 21.3. The number of hydrogen-bond donors (Lipinski definition) is 2. The number of halogens is 1. The third-order valence-corrected chi connectivity index (χ3v) is 7.18. The maximum Gasteiger partial charge on any atom is 0.253 e. The summed E-state index contributed by atoms with van der Waals surface area (Å²) in [4.78, 5) is 30.1. The van der Waals surface area contributed by atoms with Crippen LogP contribution in [-0.2, 0) is 21.1 Å². The summed E-state index contributed by atoms with van der Waals surface area (Å²) < 4.78 is 42.8. The molecule has 4 aromatic heterocycles. The number of carbonyl (C=O) groups is 1. The fourth-order valence-corrected chi connectivity index (χ4v) is 4.62. The zero-order valence-electron chi connectivity index (χ0n) is 20.5. The topological polar surface area (TPSA) is 136 Å². The summed E-state index contributed by atoms with van der Waals surface area (Å²) in [5, 5.41) is 6.70. The van der Waals surface area contributed by atoms with Crippen LogP contribution in [0.2, 0.25) is 0 Å². The van der Waals surface area contributed by atoms with Gasteiger partial charge in [-0.2, -0.15) is 0 Å². The van der Waals surface area contributed by atoms with Crippen molar-refractivity contribution >= 4 is 32.5 Å². The van der Waals surface area contributed by atoms with Crippen molar-refractivity contribution in [2.75, 3.05) is 24.8 Å². The summed E-state index contributed by atoms with van der Waals surface area (Å²) in [5.41, 5.74) is 2.63. The predicted molar refractivity (Wildman–Crippen MR) is 139 cm³/mol. The number of amides is 1. The highest BCUT2D eigenvalue weighted by Crippen LogP contribution is 2.23. The summed E-state index contributed by atoms with van der Waals surface area (Å²) in [6, 6.07) is 11.9. The molecular weight excluding hydrogens is 511 g/mol. The van der Waals surface area contributed by atoms with Crippen LogP contribution < -0.4 is 10.6 Å². The van der Waals surface area contributed by atoms with Gasteiger partial charge in [0.2, 0.25) is 0 Å². The zero-order chi connectivity index (χ0) is 26.7. The number of pyridine rings is 4. The summed E-state index contributed by atoms with van der Waals surface area (Å²) in [7, 11) is -3.48. The standard InChI is InChI=1S/C26H25FN6O4S/c1-38(35,36)19-9-17(11-28-14-19)26(34)30-13-18-10-24-16(12-29-18)5-6-23(31-24)22-3-2-4-25(33-22)32-21-7-8-37-15-20(21)27/h2-6,9-12,14,20-21H,7-8,13,15H2,1H3,(H,30,34)(H,32,33)/t20-,21+/m1/s1. The average Bonchev–Trinajstić information content (AvgIpc) is 2.92. The highest BCUT2D eigenvalue weighted by atomic mass is 32.2. The lowest BCUT2D eigenvalue weighted by atomic mass is 10.1. The van der Waals surface area contributed by atoms with E-state index in [0.29, 0.717) is 41.4 Å². The summed E-state index contributed by atoms with van der Waals surface area (Å²) >= 11 is 0. The van der Waals surface area contributed by atoms with Gasteiger partial charge < -0.3 is 15.4 Å². The first-order valence-corrected chi connectivity index (χ1v) is 13.8. The van der Waals surface area contributed by atoms with Gasteiger partial charge in [0, 0.05) is 36.8 Å². The first-order valence-electron chi connectivity index (χ1n) is 11.9. The molecule has 1 fully saturated rings. The molecule has 1 saturated heterocycles. The molecule has 0 aromatic carbocycles. The number of carbonyl (C=O) groups excluding carboxylic acids is 1. The van der Waals surface area contributed by atoms with Crippen LogP contribution in [0.3, 0.4) is 0 Å². The molecule has 4 aromatic rings. The van der Waals surface area contributed by atoms with Crippen molar-refractivity contribution in [3.63, 3.8) is 0 Å². The molecule has 1 aliphatic heterocycles. The van der Waals surface area contributed by atoms with Crippen molar-refractivity contribution in [1.29, 1.82) is 0 Å². The van der Waals surface area contributed by atoms with Crippen molar-refractivity contribution in [2.45, 2.75) is 30.1 Å². The Morgan fingerprint density at radius 3 is 2.76 bits per heavy atom. The minimum Gasteiger partial charge on any atom is -0.378 e. The highest BCUT2D eigenvalue weighted by Gasteiger charge is 2.25. The van der Waals surface area contributed by atoms with E-state index >= 15 is 0 Å². The Kier molecular flexibility index (Phi) is 7.25. The number of hydrogen-bond acceptors (Lipinski definition) is 9. The predicted octanol–water partition coefficient (Wildman–Crippen LogP) is 2.96. The molecule has 1 aliphatic rings.